The van der Waals surface area contributed by atoms with Crippen LogP contribution in [0.4, 0.5) is 11.6 Å². The molecular weight excluding hydrogens is 338 g/mol. The number of hydrogen-bond acceptors (Lipinski definition) is 3. The first-order valence-corrected chi connectivity index (χ1v) is 8.74. The van der Waals surface area contributed by atoms with E-state index in [0.29, 0.717) is 17.7 Å². The van der Waals surface area contributed by atoms with Gasteiger partial charge in [-0.15, -0.1) is 0 Å². The standard InChI is InChI=1S/C21H23N5O/c1-13-9-10-18(14(2)11-13)24-20(22)26-21-23-15(3)17(19(27)25-21)12-16-7-5-4-6-8-16/h4-11H,12H2,1-3H3,(H4,22,23,24,25,26,27). The van der Waals surface area contributed by atoms with E-state index in [1.54, 1.807) is 6.92 Å². The number of aliphatic imine (C=N–C) groups is 1. The summed E-state index contributed by atoms with van der Waals surface area (Å²) < 4.78 is 0. The Bertz CT molecular complexity index is 1040. The molecule has 6 heteroatoms. The first kappa shape index (κ1) is 18.4. The third kappa shape index (κ3) is 4.61. The predicted octanol–water partition coefficient (Wildman–Crippen LogP) is 3.34. The zero-order valence-electron chi connectivity index (χ0n) is 15.7. The minimum absolute atomic E-state index is 0.167. The Morgan fingerprint density at radius 2 is 1.89 bits per heavy atom. The molecule has 1 aromatic heterocycles. The van der Waals surface area contributed by atoms with Crippen molar-refractivity contribution in [3.8, 4) is 0 Å². The lowest BCUT2D eigenvalue weighted by Crippen LogP contribution is -2.23. The van der Waals surface area contributed by atoms with Crippen molar-refractivity contribution in [1.29, 1.82) is 0 Å². The largest absolute Gasteiger partial charge is 0.369 e. The molecule has 0 aliphatic carbocycles. The number of H-pyrrole nitrogens is 1. The van der Waals surface area contributed by atoms with E-state index in [1.165, 1.54) is 5.56 Å². The molecule has 0 saturated carbocycles. The van der Waals surface area contributed by atoms with Gasteiger partial charge in [-0.3, -0.25) is 9.78 Å². The maximum absolute atomic E-state index is 12.5. The molecule has 0 radical (unpaired) electrons. The summed E-state index contributed by atoms with van der Waals surface area (Å²) in [4.78, 5) is 23.8. The molecule has 6 nitrogen and oxygen atoms in total. The van der Waals surface area contributed by atoms with Crippen molar-refractivity contribution in [2.75, 3.05) is 5.32 Å². The zero-order chi connectivity index (χ0) is 19.4. The Balaban J connectivity index is 1.82. The van der Waals surface area contributed by atoms with Gasteiger partial charge in [0.15, 0.2) is 0 Å². The highest BCUT2D eigenvalue weighted by molar-refractivity contribution is 5.94. The molecule has 2 aromatic carbocycles. The van der Waals surface area contributed by atoms with Crippen LogP contribution < -0.4 is 16.6 Å². The van der Waals surface area contributed by atoms with Crippen LogP contribution in [-0.4, -0.2) is 15.9 Å². The van der Waals surface area contributed by atoms with Crippen LogP contribution in [0.5, 0.6) is 0 Å². The van der Waals surface area contributed by atoms with E-state index < -0.39 is 0 Å². The number of nitrogens with one attached hydrogen (secondary N) is 2. The second-order valence-electron chi connectivity index (χ2n) is 6.56. The molecule has 3 rings (SSSR count). The van der Waals surface area contributed by atoms with Crippen LogP contribution >= 0.6 is 0 Å². The van der Waals surface area contributed by atoms with Gasteiger partial charge < -0.3 is 11.1 Å². The van der Waals surface area contributed by atoms with Crippen molar-refractivity contribution < 1.29 is 0 Å². The lowest BCUT2D eigenvalue weighted by atomic mass is 10.1. The van der Waals surface area contributed by atoms with E-state index in [-0.39, 0.29) is 17.5 Å². The second kappa shape index (κ2) is 7.86. The highest BCUT2D eigenvalue weighted by atomic mass is 16.1. The summed E-state index contributed by atoms with van der Waals surface area (Å²) in [6, 6.07) is 15.8. The molecule has 138 valence electrons. The first-order valence-electron chi connectivity index (χ1n) is 8.74. The molecule has 0 bridgehead atoms. The minimum atomic E-state index is -0.204. The van der Waals surface area contributed by atoms with Crippen molar-refractivity contribution in [1.82, 2.24) is 9.97 Å². The van der Waals surface area contributed by atoms with Gasteiger partial charge in [-0.2, -0.15) is 4.99 Å². The monoisotopic (exact) mass is 361 g/mol. The van der Waals surface area contributed by atoms with Gasteiger partial charge in [0.05, 0.1) is 5.69 Å². The number of aryl methyl sites for hydroxylation is 3. The maximum atomic E-state index is 12.5. The Morgan fingerprint density at radius 1 is 1.15 bits per heavy atom. The van der Waals surface area contributed by atoms with E-state index in [1.807, 2.05) is 56.3 Å². The molecule has 0 spiro atoms. The zero-order valence-corrected chi connectivity index (χ0v) is 15.7. The maximum Gasteiger partial charge on any atom is 0.256 e. The molecule has 3 aromatic rings. The molecule has 0 atom stereocenters. The Kier molecular flexibility index (Phi) is 5.35. The Labute approximate surface area is 158 Å². The van der Waals surface area contributed by atoms with Crippen molar-refractivity contribution in [3.63, 3.8) is 0 Å². The summed E-state index contributed by atoms with van der Waals surface area (Å²) in [5.41, 5.74) is 11.2. The van der Waals surface area contributed by atoms with Gasteiger partial charge in [0.25, 0.3) is 5.56 Å². The van der Waals surface area contributed by atoms with Crippen LogP contribution in [0.15, 0.2) is 58.3 Å². The molecular formula is C21H23N5O. The lowest BCUT2D eigenvalue weighted by Gasteiger charge is -2.10. The van der Waals surface area contributed by atoms with Crippen molar-refractivity contribution >= 4 is 17.6 Å². The number of guanidine groups is 1. The molecule has 0 unspecified atom stereocenters. The number of hydrogen-bond donors (Lipinski definition) is 3. The van der Waals surface area contributed by atoms with E-state index in [0.717, 1.165) is 16.8 Å². The number of anilines is 1. The highest BCUT2D eigenvalue weighted by Gasteiger charge is 2.09. The van der Waals surface area contributed by atoms with Crippen LogP contribution in [0, 0.1) is 20.8 Å². The summed E-state index contributed by atoms with van der Waals surface area (Å²) in [6.07, 6.45) is 0.523. The molecule has 0 amide bonds. The second-order valence-corrected chi connectivity index (χ2v) is 6.56. The normalized spacial score (nSPS) is 11.4. The number of aromatic amines is 1. The van der Waals surface area contributed by atoms with Gasteiger partial charge in [-0.1, -0.05) is 48.0 Å². The summed E-state index contributed by atoms with van der Waals surface area (Å²) in [5.74, 6) is 0.351. The van der Waals surface area contributed by atoms with Crippen LogP contribution in [0.2, 0.25) is 0 Å². The highest BCUT2D eigenvalue weighted by Crippen LogP contribution is 2.16. The molecule has 27 heavy (non-hydrogen) atoms. The smallest absolute Gasteiger partial charge is 0.256 e. The number of benzene rings is 2. The topological polar surface area (TPSA) is 96.2 Å². The molecule has 0 aliphatic rings. The fraction of sp³-hybridized carbons (Fsp3) is 0.190. The average Bonchev–Trinajstić information content (AvgIpc) is 2.61. The Morgan fingerprint density at radius 3 is 2.56 bits per heavy atom. The number of nitrogens with zero attached hydrogens (tertiary/aromatic N) is 2. The van der Waals surface area contributed by atoms with E-state index >= 15 is 0 Å². The van der Waals surface area contributed by atoms with Crippen LogP contribution in [-0.2, 0) is 6.42 Å². The van der Waals surface area contributed by atoms with E-state index in [4.69, 9.17) is 5.73 Å². The van der Waals surface area contributed by atoms with Crippen LogP contribution in [0.1, 0.15) is 27.9 Å². The van der Waals surface area contributed by atoms with Gasteiger partial charge in [0.2, 0.25) is 11.9 Å². The molecule has 1 heterocycles. The summed E-state index contributed by atoms with van der Waals surface area (Å²) in [6.45, 7) is 5.83. The molecule has 4 N–H and O–H groups in total. The predicted molar refractivity (Wildman–Crippen MR) is 110 cm³/mol. The minimum Gasteiger partial charge on any atom is -0.369 e. The number of aromatic nitrogens is 2. The summed E-state index contributed by atoms with van der Waals surface area (Å²) in [5, 5.41) is 3.04. The summed E-state index contributed by atoms with van der Waals surface area (Å²) in [7, 11) is 0. The fourth-order valence-corrected chi connectivity index (χ4v) is 2.89. The van der Waals surface area contributed by atoms with Gasteiger partial charge >= 0.3 is 0 Å². The first-order chi connectivity index (χ1) is 12.9. The van der Waals surface area contributed by atoms with Crippen molar-refractivity contribution in [2.24, 2.45) is 10.7 Å². The average molecular weight is 361 g/mol. The molecule has 0 fully saturated rings. The van der Waals surface area contributed by atoms with Crippen molar-refractivity contribution in [2.45, 2.75) is 27.2 Å². The van der Waals surface area contributed by atoms with Gasteiger partial charge in [-0.25, -0.2) is 4.98 Å². The van der Waals surface area contributed by atoms with Gasteiger partial charge in [-0.05, 0) is 38.0 Å². The quantitative estimate of drug-likeness (QED) is 0.490. The molecule has 0 aliphatic heterocycles. The van der Waals surface area contributed by atoms with Gasteiger partial charge in [0, 0.05) is 17.7 Å². The SMILES string of the molecule is Cc1ccc(N/C(N)=N/c2nc(C)c(Cc3ccccc3)c(=O)[nH]2)c(C)c1. The number of nitrogens with two attached hydrogens (primary N) is 1. The third-order valence-corrected chi connectivity index (χ3v) is 4.30. The summed E-state index contributed by atoms with van der Waals surface area (Å²) >= 11 is 0. The number of rotatable bonds is 4. The van der Waals surface area contributed by atoms with Crippen LogP contribution in [0.3, 0.4) is 0 Å². The Hall–Kier alpha value is -3.41. The van der Waals surface area contributed by atoms with Gasteiger partial charge in [0.1, 0.15) is 0 Å². The van der Waals surface area contributed by atoms with Crippen molar-refractivity contribution in [3.05, 3.63) is 86.8 Å². The van der Waals surface area contributed by atoms with E-state index in [2.05, 4.69) is 26.3 Å². The lowest BCUT2D eigenvalue weighted by molar-refractivity contribution is 0.973. The molecule has 0 saturated heterocycles. The fourth-order valence-electron chi connectivity index (χ4n) is 2.89. The van der Waals surface area contributed by atoms with Crippen LogP contribution in [0.25, 0.3) is 0 Å². The third-order valence-electron chi connectivity index (χ3n) is 4.30. The van der Waals surface area contributed by atoms with E-state index in [9.17, 15) is 4.79 Å².